The van der Waals surface area contributed by atoms with Crippen molar-refractivity contribution < 1.29 is 13.2 Å². The minimum Gasteiger partial charge on any atom is -0.309 e. The van der Waals surface area contributed by atoms with E-state index in [1.54, 1.807) is 19.7 Å². The molecule has 1 aromatic rings. The Hall–Kier alpha value is -1.45. The van der Waals surface area contributed by atoms with Gasteiger partial charge in [-0.15, -0.1) is 0 Å². The van der Waals surface area contributed by atoms with Gasteiger partial charge in [0.1, 0.15) is 0 Å². The standard InChI is InChI=1S/C17H27N5O3S/c23-17-6-5-10-21(17)16-12-18-22(14-16)15-7-11-20(13-15)26(24,25)19-8-3-1-2-4-9-19/h12,14-15H,1-11,13H2. The van der Waals surface area contributed by atoms with Gasteiger partial charge in [0.25, 0.3) is 10.2 Å². The highest BCUT2D eigenvalue weighted by molar-refractivity contribution is 7.86. The Bertz CT molecular complexity index is 754. The van der Waals surface area contributed by atoms with Crippen LogP contribution in [0.25, 0.3) is 0 Å². The van der Waals surface area contributed by atoms with Gasteiger partial charge in [0.05, 0.1) is 17.9 Å². The molecule has 0 radical (unpaired) electrons. The molecule has 1 aromatic heterocycles. The molecule has 3 aliphatic rings. The SMILES string of the molecule is O=C1CCCN1c1cnn(C2CCN(S(=O)(=O)N3CCCCCC3)C2)c1. The van der Waals surface area contributed by atoms with Crippen molar-refractivity contribution in [3.05, 3.63) is 12.4 Å². The van der Waals surface area contributed by atoms with Crippen LogP contribution in [0.4, 0.5) is 5.69 Å². The molecule has 1 unspecified atom stereocenters. The zero-order valence-electron chi connectivity index (χ0n) is 15.1. The Morgan fingerprint density at radius 3 is 2.42 bits per heavy atom. The summed E-state index contributed by atoms with van der Waals surface area (Å²) in [6, 6.07) is 0.0307. The van der Waals surface area contributed by atoms with Crippen molar-refractivity contribution in [2.24, 2.45) is 0 Å². The molecule has 0 aliphatic carbocycles. The number of hydrogen-bond acceptors (Lipinski definition) is 4. The second-order valence-corrected chi connectivity index (χ2v) is 9.38. The van der Waals surface area contributed by atoms with E-state index in [9.17, 15) is 13.2 Å². The summed E-state index contributed by atoms with van der Waals surface area (Å²) in [6.07, 6.45) is 9.95. The Kier molecular flexibility index (Phi) is 5.02. The van der Waals surface area contributed by atoms with Gasteiger partial charge in [-0.3, -0.25) is 9.48 Å². The molecule has 8 nitrogen and oxygen atoms in total. The molecule has 1 amide bonds. The van der Waals surface area contributed by atoms with Gasteiger partial charge < -0.3 is 4.90 Å². The maximum absolute atomic E-state index is 12.9. The predicted octanol–water partition coefficient (Wildman–Crippen LogP) is 1.38. The van der Waals surface area contributed by atoms with E-state index in [1.807, 2.05) is 10.9 Å². The van der Waals surface area contributed by atoms with Crippen molar-refractivity contribution in [1.29, 1.82) is 0 Å². The summed E-state index contributed by atoms with van der Waals surface area (Å²) in [5.41, 5.74) is 0.821. The van der Waals surface area contributed by atoms with Crippen LogP contribution in [0.15, 0.2) is 12.4 Å². The zero-order chi connectivity index (χ0) is 18.1. The third kappa shape index (κ3) is 3.39. The van der Waals surface area contributed by atoms with Crippen LogP contribution in [0.5, 0.6) is 0 Å². The summed E-state index contributed by atoms with van der Waals surface area (Å²) in [5, 5.41) is 4.41. The van der Waals surface area contributed by atoms with E-state index in [1.165, 1.54) is 0 Å². The van der Waals surface area contributed by atoms with Crippen LogP contribution in [-0.2, 0) is 15.0 Å². The van der Waals surface area contributed by atoms with Crippen LogP contribution in [0.1, 0.15) is 51.0 Å². The summed E-state index contributed by atoms with van der Waals surface area (Å²) >= 11 is 0. The summed E-state index contributed by atoms with van der Waals surface area (Å²) in [7, 11) is -3.38. The Morgan fingerprint density at radius 2 is 1.73 bits per heavy atom. The summed E-state index contributed by atoms with van der Waals surface area (Å²) < 4.78 is 31.0. The van der Waals surface area contributed by atoms with Crippen LogP contribution in [0.2, 0.25) is 0 Å². The second-order valence-electron chi connectivity index (χ2n) is 7.45. The van der Waals surface area contributed by atoms with E-state index in [0.717, 1.165) is 50.8 Å². The van der Waals surface area contributed by atoms with Crippen LogP contribution >= 0.6 is 0 Å². The molecule has 0 aromatic carbocycles. The lowest BCUT2D eigenvalue weighted by Crippen LogP contribution is -2.43. The normalized spacial score (nSPS) is 26.5. The van der Waals surface area contributed by atoms with Gasteiger partial charge in [-0.2, -0.15) is 22.1 Å². The Balaban J connectivity index is 1.43. The molecule has 9 heteroatoms. The van der Waals surface area contributed by atoms with Crippen molar-refractivity contribution in [3.8, 4) is 0 Å². The number of aromatic nitrogens is 2. The quantitative estimate of drug-likeness (QED) is 0.789. The maximum atomic E-state index is 12.9. The summed E-state index contributed by atoms with van der Waals surface area (Å²) in [6.45, 7) is 2.98. The van der Waals surface area contributed by atoms with Gasteiger partial charge in [0.2, 0.25) is 5.91 Å². The van der Waals surface area contributed by atoms with Crippen LogP contribution in [0.3, 0.4) is 0 Å². The minimum absolute atomic E-state index is 0.0307. The molecule has 4 heterocycles. The fourth-order valence-corrected chi connectivity index (χ4v) is 5.90. The van der Waals surface area contributed by atoms with E-state index in [0.29, 0.717) is 32.6 Å². The third-order valence-corrected chi connectivity index (χ3v) is 7.69. The van der Waals surface area contributed by atoms with Gasteiger partial charge >= 0.3 is 0 Å². The highest BCUT2D eigenvalue weighted by Gasteiger charge is 2.36. The number of hydrogen-bond donors (Lipinski definition) is 0. The van der Waals surface area contributed by atoms with E-state index in [4.69, 9.17) is 0 Å². The van der Waals surface area contributed by atoms with Gasteiger partial charge in [0, 0.05) is 45.3 Å². The van der Waals surface area contributed by atoms with E-state index >= 15 is 0 Å². The highest BCUT2D eigenvalue weighted by Crippen LogP contribution is 2.28. The Morgan fingerprint density at radius 1 is 0.962 bits per heavy atom. The molecule has 0 saturated carbocycles. The topological polar surface area (TPSA) is 78.8 Å². The van der Waals surface area contributed by atoms with Gasteiger partial charge in [-0.25, -0.2) is 0 Å². The molecule has 0 N–H and O–H groups in total. The predicted molar refractivity (Wildman–Crippen MR) is 98.0 cm³/mol. The summed E-state index contributed by atoms with van der Waals surface area (Å²) in [4.78, 5) is 13.7. The Labute approximate surface area is 154 Å². The fourth-order valence-electron chi connectivity index (χ4n) is 4.16. The molecular weight excluding hydrogens is 354 g/mol. The second kappa shape index (κ2) is 7.28. The minimum atomic E-state index is -3.38. The lowest BCUT2D eigenvalue weighted by Gasteiger charge is -2.26. The first-order valence-electron chi connectivity index (χ1n) is 9.65. The average Bonchev–Trinajstić information content (AvgIpc) is 3.31. The molecule has 144 valence electrons. The number of amides is 1. The number of nitrogens with zero attached hydrogens (tertiary/aromatic N) is 5. The van der Waals surface area contributed by atoms with Crippen molar-refractivity contribution in [2.45, 2.75) is 51.0 Å². The first-order valence-corrected chi connectivity index (χ1v) is 11.0. The van der Waals surface area contributed by atoms with E-state index < -0.39 is 10.2 Å². The molecular formula is C17H27N5O3S. The monoisotopic (exact) mass is 381 g/mol. The molecule has 0 spiro atoms. The molecule has 4 rings (SSSR count). The molecule has 3 aliphatic heterocycles. The molecule has 3 fully saturated rings. The van der Waals surface area contributed by atoms with Crippen molar-refractivity contribution in [2.75, 3.05) is 37.6 Å². The van der Waals surface area contributed by atoms with Crippen molar-refractivity contribution >= 4 is 21.8 Å². The molecule has 3 saturated heterocycles. The lowest BCUT2D eigenvalue weighted by atomic mass is 10.2. The molecule has 26 heavy (non-hydrogen) atoms. The van der Waals surface area contributed by atoms with E-state index in [2.05, 4.69) is 5.10 Å². The fraction of sp³-hybridized carbons (Fsp3) is 0.765. The number of anilines is 1. The third-order valence-electron chi connectivity index (χ3n) is 5.69. The largest absolute Gasteiger partial charge is 0.309 e. The first kappa shape index (κ1) is 17.9. The van der Waals surface area contributed by atoms with Gasteiger partial charge in [-0.1, -0.05) is 12.8 Å². The van der Waals surface area contributed by atoms with Gasteiger partial charge in [0.15, 0.2) is 0 Å². The van der Waals surface area contributed by atoms with Crippen LogP contribution in [0, 0.1) is 0 Å². The number of rotatable bonds is 4. The van der Waals surface area contributed by atoms with Crippen LogP contribution < -0.4 is 4.90 Å². The van der Waals surface area contributed by atoms with Crippen molar-refractivity contribution in [1.82, 2.24) is 18.4 Å². The maximum Gasteiger partial charge on any atom is 0.282 e. The van der Waals surface area contributed by atoms with Crippen LogP contribution in [-0.4, -0.2) is 65.4 Å². The molecule has 1 atom stereocenters. The van der Waals surface area contributed by atoms with Crippen molar-refractivity contribution in [3.63, 3.8) is 0 Å². The number of carbonyl (C=O) groups excluding carboxylic acids is 1. The highest BCUT2D eigenvalue weighted by atomic mass is 32.2. The molecule has 0 bridgehead atoms. The number of carbonyl (C=O) groups is 1. The summed E-state index contributed by atoms with van der Waals surface area (Å²) in [5.74, 6) is 0.140. The first-order chi connectivity index (χ1) is 12.6. The average molecular weight is 382 g/mol. The van der Waals surface area contributed by atoms with Gasteiger partial charge in [-0.05, 0) is 25.7 Å². The zero-order valence-corrected chi connectivity index (χ0v) is 15.9. The smallest absolute Gasteiger partial charge is 0.282 e. The van der Waals surface area contributed by atoms with E-state index in [-0.39, 0.29) is 11.9 Å². The lowest BCUT2D eigenvalue weighted by molar-refractivity contribution is -0.117.